The van der Waals surface area contributed by atoms with Gasteiger partial charge in [0, 0.05) is 12.6 Å². The molecule has 14 heavy (non-hydrogen) atoms. The third-order valence-corrected chi connectivity index (χ3v) is 3.63. The summed E-state index contributed by atoms with van der Waals surface area (Å²) in [5.74, 6) is 0. The van der Waals surface area contributed by atoms with E-state index in [4.69, 9.17) is 0 Å². The molecule has 2 rings (SSSR count). The van der Waals surface area contributed by atoms with Crippen LogP contribution in [0.25, 0.3) is 0 Å². The second-order valence-corrected chi connectivity index (χ2v) is 4.87. The fourth-order valence-electron chi connectivity index (χ4n) is 1.87. The minimum Gasteiger partial charge on any atom is -0.310 e. The molecule has 0 aliphatic carbocycles. The number of piperidine rings is 1. The van der Waals surface area contributed by atoms with E-state index in [1.165, 1.54) is 31.5 Å². The molecule has 0 unspecified atom stereocenters. The van der Waals surface area contributed by atoms with Crippen molar-refractivity contribution in [2.75, 3.05) is 20.1 Å². The van der Waals surface area contributed by atoms with Crippen molar-refractivity contribution in [3.63, 3.8) is 0 Å². The molecule has 3 heteroatoms. The average Bonchev–Trinajstić information content (AvgIpc) is 2.70. The fraction of sp³-hybridized carbons (Fsp3) is 0.636. The second kappa shape index (κ2) is 4.91. The molecule has 0 saturated carbocycles. The Kier molecular flexibility index (Phi) is 3.56. The van der Waals surface area contributed by atoms with E-state index in [0.717, 1.165) is 12.6 Å². The first-order valence-electron chi connectivity index (χ1n) is 5.27. The zero-order valence-corrected chi connectivity index (χ0v) is 9.52. The van der Waals surface area contributed by atoms with E-state index in [-0.39, 0.29) is 0 Å². The molecule has 1 saturated heterocycles. The lowest BCUT2D eigenvalue weighted by Crippen LogP contribution is -2.40. The Morgan fingerprint density at radius 2 is 2.29 bits per heavy atom. The lowest BCUT2D eigenvalue weighted by Gasteiger charge is -2.29. The van der Waals surface area contributed by atoms with E-state index in [2.05, 4.69) is 34.1 Å². The van der Waals surface area contributed by atoms with Crippen molar-refractivity contribution >= 4 is 11.3 Å². The smallest absolute Gasteiger partial charge is 0.0216 e. The van der Waals surface area contributed by atoms with E-state index >= 15 is 0 Å². The van der Waals surface area contributed by atoms with Crippen LogP contribution in [0.2, 0.25) is 0 Å². The highest BCUT2D eigenvalue weighted by atomic mass is 32.1. The highest BCUT2D eigenvalue weighted by molar-refractivity contribution is 7.07. The zero-order chi connectivity index (χ0) is 9.80. The molecule has 1 aromatic rings. The van der Waals surface area contributed by atoms with Crippen LogP contribution < -0.4 is 5.32 Å². The van der Waals surface area contributed by atoms with Crippen LogP contribution in [-0.2, 0) is 6.54 Å². The van der Waals surface area contributed by atoms with Crippen molar-refractivity contribution in [1.82, 2.24) is 10.2 Å². The van der Waals surface area contributed by atoms with Gasteiger partial charge in [-0.3, -0.25) is 0 Å². The molecule has 0 amide bonds. The zero-order valence-electron chi connectivity index (χ0n) is 8.70. The molecule has 0 aromatic carbocycles. The predicted molar refractivity (Wildman–Crippen MR) is 61.7 cm³/mol. The largest absolute Gasteiger partial charge is 0.310 e. The summed E-state index contributed by atoms with van der Waals surface area (Å²) in [6.07, 6.45) is 2.58. The fourth-order valence-corrected chi connectivity index (χ4v) is 2.54. The van der Waals surface area contributed by atoms with Gasteiger partial charge in [0.25, 0.3) is 0 Å². The molecule has 1 aliphatic heterocycles. The van der Waals surface area contributed by atoms with Gasteiger partial charge in [-0.2, -0.15) is 11.3 Å². The monoisotopic (exact) mass is 210 g/mol. The Bertz CT molecular complexity index is 250. The SMILES string of the molecule is CN1CCC(NCc2ccsc2)CC1. The standard InChI is InChI=1S/C11H18N2S/c1-13-5-2-11(3-6-13)12-8-10-4-7-14-9-10/h4,7,9,11-12H,2-3,5-6,8H2,1H3. The van der Waals surface area contributed by atoms with Crippen LogP contribution in [0, 0.1) is 0 Å². The minimum absolute atomic E-state index is 0.728. The number of nitrogens with one attached hydrogen (secondary N) is 1. The van der Waals surface area contributed by atoms with Crippen LogP contribution in [0.4, 0.5) is 0 Å². The molecule has 1 aliphatic rings. The van der Waals surface area contributed by atoms with Gasteiger partial charge in [-0.15, -0.1) is 0 Å². The van der Waals surface area contributed by atoms with Crippen molar-refractivity contribution in [2.45, 2.75) is 25.4 Å². The predicted octanol–water partition coefficient (Wildman–Crippen LogP) is 1.93. The average molecular weight is 210 g/mol. The first-order chi connectivity index (χ1) is 6.84. The summed E-state index contributed by atoms with van der Waals surface area (Å²) < 4.78 is 0. The number of hydrogen-bond donors (Lipinski definition) is 1. The van der Waals surface area contributed by atoms with Crippen molar-refractivity contribution in [1.29, 1.82) is 0 Å². The van der Waals surface area contributed by atoms with Crippen LogP contribution in [0.3, 0.4) is 0 Å². The molecule has 2 nitrogen and oxygen atoms in total. The maximum atomic E-state index is 3.62. The van der Waals surface area contributed by atoms with Crippen LogP contribution >= 0.6 is 11.3 Å². The summed E-state index contributed by atoms with van der Waals surface area (Å²) in [4.78, 5) is 2.41. The Morgan fingerprint density at radius 1 is 1.50 bits per heavy atom. The van der Waals surface area contributed by atoms with Crippen LogP contribution in [0.5, 0.6) is 0 Å². The molecular formula is C11H18N2S. The van der Waals surface area contributed by atoms with Gasteiger partial charge >= 0.3 is 0 Å². The van der Waals surface area contributed by atoms with E-state index in [0.29, 0.717) is 0 Å². The van der Waals surface area contributed by atoms with E-state index in [9.17, 15) is 0 Å². The van der Waals surface area contributed by atoms with Crippen LogP contribution in [0.1, 0.15) is 18.4 Å². The Labute approximate surface area is 89.9 Å². The van der Waals surface area contributed by atoms with Crippen molar-refractivity contribution < 1.29 is 0 Å². The van der Waals surface area contributed by atoms with E-state index in [1.807, 2.05) is 0 Å². The Balaban J connectivity index is 1.71. The highest BCUT2D eigenvalue weighted by Crippen LogP contribution is 2.10. The van der Waals surface area contributed by atoms with Gasteiger partial charge in [-0.05, 0) is 55.4 Å². The van der Waals surface area contributed by atoms with E-state index in [1.54, 1.807) is 11.3 Å². The molecule has 0 spiro atoms. The summed E-state index contributed by atoms with van der Waals surface area (Å²) in [5, 5.41) is 7.99. The third-order valence-electron chi connectivity index (χ3n) is 2.89. The second-order valence-electron chi connectivity index (χ2n) is 4.09. The maximum absolute atomic E-state index is 3.62. The van der Waals surface area contributed by atoms with Crippen LogP contribution in [-0.4, -0.2) is 31.1 Å². The summed E-state index contributed by atoms with van der Waals surface area (Å²) in [5.41, 5.74) is 1.42. The Morgan fingerprint density at radius 3 is 2.93 bits per heavy atom. The van der Waals surface area contributed by atoms with Crippen molar-refractivity contribution in [3.8, 4) is 0 Å². The van der Waals surface area contributed by atoms with Crippen LogP contribution in [0.15, 0.2) is 16.8 Å². The molecule has 0 bridgehead atoms. The van der Waals surface area contributed by atoms with Gasteiger partial charge in [0.2, 0.25) is 0 Å². The summed E-state index contributed by atoms with van der Waals surface area (Å²) in [6, 6.07) is 2.93. The van der Waals surface area contributed by atoms with Gasteiger partial charge < -0.3 is 10.2 Å². The van der Waals surface area contributed by atoms with Gasteiger partial charge in [0.15, 0.2) is 0 Å². The first-order valence-corrected chi connectivity index (χ1v) is 6.22. The number of likely N-dealkylation sites (tertiary alicyclic amines) is 1. The molecule has 1 fully saturated rings. The molecule has 0 atom stereocenters. The quantitative estimate of drug-likeness (QED) is 0.820. The lowest BCUT2D eigenvalue weighted by atomic mass is 10.1. The highest BCUT2D eigenvalue weighted by Gasteiger charge is 2.15. The molecule has 2 heterocycles. The molecule has 1 aromatic heterocycles. The number of nitrogens with zero attached hydrogens (tertiary/aromatic N) is 1. The summed E-state index contributed by atoms with van der Waals surface area (Å²) in [6.45, 7) is 3.51. The molecule has 1 N–H and O–H groups in total. The van der Waals surface area contributed by atoms with Gasteiger partial charge in [0.05, 0.1) is 0 Å². The first kappa shape index (κ1) is 10.1. The topological polar surface area (TPSA) is 15.3 Å². The molecule has 78 valence electrons. The van der Waals surface area contributed by atoms with E-state index < -0.39 is 0 Å². The van der Waals surface area contributed by atoms with Gasteiger partial charge in [-0.25, -0.2) is 0 Å². The third kappa shape index (κ3) is 2.80. The number of rotatable bonds is 3. The Hall–Kier alpha value is -0.380. The van der Waals surface area contributed by atoms with Crippen molar-refractivity contribution in [2.24, 2.45) is 0 Å². The number of hydrogen-bond acceptors (Lipinski definition) is 3. The summed E-state index contributed by atoms with van der Waals surface area (Å²) in [7, 11) is 2.20. The molecule has 0 radical (unpaired) electrons. The van der Waals surface area contributed by atoms with Gasteiger partial charge in [-0.1, -0.05) is 0 Å². The van der Waals surface area contributed by atoms with Gasteiger partial charge in [0.1, 0.15) is 0 Å². The minimum atomic E-state index is 0.728. The lowest BCUT2D eigenvalue weighted by molar-refractivity contribution is 0.234. The van der Waals surface area contributed by atoms with Crippen molar-refractivity contribution in [3.05, 3.63) is 22.4 Å². The summed E-state index contributed by atoms with van der Waals surface area (Å²) >= 11 is 1.78. The normalized spacial score (nSPS) is 20.1. The number of thiophene rings is 1. The maximum Gasteiger partial charge on any atom is 0.0216 e. The molecular weight excluding hydrogens is 192 g/mol.